The highest BCUT2D eigenvalue weighted by Gasteiger charge is 2.09. The summed E-state index contributed by atoms with van der Waals surface area (Å²) < 4.78 is 5.59. The van der Waals surface area contributed by atoms with Crippen LogP contribution in [-0.4, -0.2) is 48.6 Å². The molecule has 1 aliphatic heterocycles. The normalized spacial score (nSPS) is 16.1. The van der Waals surface area contributed by atoms with Gasteiger partial charge in [0.1, 0.15) is 12.0 Å². The first-order valence-electron chi connectivity index (χ1n) is 10.1. The molecule has 0 amide bonds. The molecule has 27 heavy (non-hydrogen) atoms. The maximum absolute atomic E-state index is 5.59. The number of hydrogen-bond acceptors (Lipinski definition) is 4. The van der Waals surface area contributed by atoms with Crippen LogP contribution in [0.1, 0.15) is 38.3 Å². The fourth-order valence-electron chi connectivity index (χ4n) is 3.29. The predicted molar refractivity (Wildman–Crippen MR) is 110 cm³/mol. The van der Waals surface area contributed by atoms with E-state index in [1.54, 1.807) is 6.26 Å². The largest absolute Gasteiger partial charge is 0.444 e. The molecule has 1 aromatic heterocycles. The second kappa shape index (κ2) is 10.7. The van der Waals surface area contributed by atoms with Gasteiger partial charge < -0.3 is 20.0 Å². The van der Waals surface area contributed by atoms with Crippen LogP contribution in [0.3, 0.4) is 0 Å². The lowest BCUT2D eigenvalue weighted by atomic mass is 10.2. The van der Waals surface area contributed by atoms with Gasteiger partial charge in [0, 0.05) is 25.2 Å². The molecule has 2 heterocycles. The van der Waals surface area contributed by atoms with E-state index < -0.39 is 0 Å². The quantitative estimate of drug-likeness (QED) is 0.579. The topological polar surface area (TPSA) is 65.7 Å². The van der Waals surface area contributed by atoms with Crippen LogP contribution in [0, 0.1) is 0 Å². The van der Waals surface area contributed by atoms with Gasteiger partial charge in [-0.2, -0.15) is 0 Å². The third-order valence-electron chi connectivity index (χ3n) is 4.74. The van der Waals surface area contributed by atoms with Gasteiger partial charge >= 0.3 is 0 Å². The summed E-state index contributed by atoms with van der Waals surface area (Å²) in [6.45, 7) is 7.81. The summed E-state index contributed by atoms with van der Waals surface area (Å²) in [7, 11) is 0. The van der Waals surface area contributed by atoms with Gasteiger partial charge in [-0.1, -0.05) is 31.0 Å². The highest BCUT2D eigenvalue weighted by Crippen LogP contribution is 2.18. The number of nitrogens with zero attached hydrogens (tertiary/aromatic N) is 3. The van der Waals surface area contributed by atoms with E-state index in [1.807, 2.05) is 30.3 Å². The molecule has 1 saturated heterocycles. The zero-order valence-electron chi connectivity index (χ0n) is 16.3. The van der Waals surface area contributed by atoms with Gasteiger partial charge in [-0.05, 0) is 45.0 Å². The van der Waals surface area contributed by atoms with E-state index in [-0.39, 0.29) is 0 Å². The Bertz CT molecular complexity index is 690. The first-order valence-corrected chi connectivity index (χ1v) is 10.1. The van der Waals surface area contributed by atoms with Crippen LogP contribution in [0.2, 0.25) is 0 Å². The van der Waals surface area contributed by atoms with Crippen molar-refractivity contribution in [3.63, 3.8) is 0 Å². The number of likely N-dealkylation sites (tertiary alicyclic amines) is 1. The average molecular weight is 370 g/mol. The van der Waals surface area contributed by atoms with Crippen molar-refractivity contribution in [3.05, 3.63) is 42.3 Å². The van der Waals surface area contributed by atoms with Crippen LogP contribution >= 0.6 is 0 Å². The Morgan fingerprint density at radius 1 is 1.11 bits per heavy atom. The number of oxazole rings is 1. The summed E-state index contributed by atoms with van der Waals surface area (Å²) >= 11 is 0. The maximum Gasteiger partial charge on any atom is 0.226 e. The van der Waals surface area contributed by atoms with Crippen LogP contribution in [0.5, 0.6) is 0 Å². The Morgan fingerprint density at radius 3 is 2.63 bits per heavy atom. The molecular formula is C21H31N5O. The second-order valence-corrected chi connectivity index (χ2v) is 6.89. The van der Waals surface area contributed by atoms with E-state index in [0.29, 0.717) is 12.4 Å². The SMILES string of the molecule is CCNC(=NCc1coc(-c2ccccc2)n1)NCCN1CCCCCC1. The molecule has 6 nitrogen and oxygen atoms in total. The van der Waals surface area contributed by atoms with Crippen LogP contribution in [0.15, 0.2) is 46.0 Å². The number of rotatable bonds is 7. The standard InChI is InChI=1S/C21H31N5O/c1-2-22-21(23-12-15-26-13-8-3-4-9-14-26)24-16-19-17-27-20(25-19)18-10-6-5-7-11-18/h5-7,10-11,17H,2-4,8-9,12-16H2,1H3,(H2,22,23,24). The second-order valence-electron chi connectivity index (χ2n) is 6.89. The highest BCUT2D eigenvalue weighted by molar-refractivity contribution is 5.79. The minimum atomic E-state index is 0.495. The zero-order chi connectivity index (χ0) is 18.7. The number of aromatic nitrogens is 1. The van der Waals surface area contributed by atoms with Crippen molar-refractivity contribution in [1.82, 2.24) is 20.5 Å². The van der Waals surface area contributed by atoms with Crippen molar-refractivity contribution < 1.29 is 4.42 Å². The third kappa shape index (κ3) is 6.40. The molecule has 2 N–H and O–H groups in total. The molecule has 0 atom stereocenters. The molecule has 0 saturated carbocycles. The van der Waals surface area contributed by atoms with Gasteiger partial charge in [-0.3, -0.25) is 0 Å². The molecule has 6 heteroatoms. The highest BCUT2D eigenvalue weighted by atomic mass is 16.3. The Hall–Kier alpha value is -2.34. The molecule has 2 aromatic rings. The lowest BCUT2D eigenvalue weighted by molar-refractivity contribution is 0.289. The van der Waals surface area contributed by atoms with Crippen LogP contribution < -0.4 is 10.6 Å². The van der Waals surface area contributed by atoms with Crippen molar-refractivity contribution in [1.29, 1.82) is 0 Å². The van der Waals surface area contributed by atoms with E-state index >= 15 is 0 Å². The van der Waals surface area contributed by atoms with Crippen LogP contribution in [0.4, 0.5) is 0 Å². The molecule has 0 aliphatic carbocycles. The number of benzene rings is 1. The molecule has 0 bridgehead atoms. The number of aliphatic imine (C=N–C) groups is 1. The van der Waals surface area contributed by atoms with E-state index in [2.05, 4.69) is 32.4 Å². The smallest absolute Gasteiger partial charge is 0.226 e. The summed E-state index contributed by atoms with van der Waals surface area (Å²) in [6, 6.07) is 9.93. The molecule has 1 aromatic carbocycles. The molecule has 0 spiro atoms. The third-order valence-corrected chi connectivity index (χ3v) is 4.74. The van der Waals surface area contributed by atoms with Crippen molar-refractivity contribution >= 4 is 5.96 Å². The van der Waals surface area contributed by atoms with Gasteiger partial charge in [-0.15, -0.1) is 0 Å². The molecule has 0 radical (unpaired) electrons. The monoisotopic (exact) mass is 369 g/mol. The number of nitrogens with one attached hydrogen (secondary N) is 2. The molecule has 0 unspecified atom stereocenters. The molecule has 3 rings (SSSR count). The molecule has 1 aliphatic rings. The summed E-state index contributed by atoms with van der Waals surface area (Å²) in [5, 5.41) is 6.74. The Labute approximate surface area is 162 Å². The number of guanidine groups is 1. The van der Waals surface area contributed by atoms with Crippen molar-refractivity contribution in [3.8, 4) is 11.5 Å². The minimum absolute atomic E-state index is 0.495. The van der Waals surface area contributed by atoms with Crippen LogP contribution in [0.25, 0.3) is 11.5 Å². The Morgan fingerprint density at radius 2 is 1.89 bits per heavy atom. The van der Waals surface area contributed by atoms with E-state index in [4.69, 9.17) is 4.42 Å². The van der Waals surface area contributed by atoms with Gasteiger partial charge in [0.2, 0.25) is 5.89 Å². The van der Waals surface area contributed by atoms with Gasteiger partial charge in [0.15, 0.2) is 5.96 Å². The summed E-state index contributed by atoms with van der Waals surface area (Å²) in [6.07, 6.45) is 7.08. The van der Waals surface area contributed by atoms with Crippen molar-refractivity contribution in [2.24, 2.45) is 4.99 Å². The fourth-order valence-corrected chi connectivity index (χ4v) is 3.29. The van der Waals surface area contributed by atoms with E-state index in [1.165, 1.54) is 38.8 Å². The Balaban J connectivity index is 1.50. The van der Waals surface area contributed by atoms with Crippen molar-refractivity contribution in [2.75, 3.05) is 32.7 Å². The summed E-state index contributed by atoms with van der Waals surface area (Å²) in [5.74, 6) is 1.47. The maximum atomic E-state index is 5.59. The van der Waals surface area contributed by atoms with Crippen LogP contribution in [-0.2, 0) is 6.54 Å². The molecule has 146 valence electrons. The number of hydrogen-bond donors (Lipinski definition) is 2. The Kier molecular flexibility index (Phi) is 7.71. The predicted octanol–water partition coefficient (Wildman–Crippen LogP) is 3.27. The van der Waals surface area contributed by atoms with Gasteiger partial charge in [0.05, 0.1) is 6.54 Å². The lowest BCUT2D eigenvalue weighted by Gasteiger charge is -2.20. The fraction of sp³-hybridized carbons (Fsp3) is 0.524. The average Bonchev–Trinajstić information content (AvgIpc) is 3.03. The van der Waals surface area contributed by atoms with Gasteiger partial charge in [0.25, 0.3) is 0 Å². The summed E-state index contributed by atoms with van der Waals surface area (Å²) in [5.41, 5.74) is 1.81. The van der Waals surface area contributed by atoms with E-state index in [0.717, 1.165) is 36.9 Å². The first kappa shape index (κ1) is 19.4. The van der Waals surface area contributed by atoms with Crippen molar-refractivity contribution in [2.45, 2.75) is 39.2 Å². The van der Waals surface area contributed by atoms with E-state index in [9.17, 15) is 0 Å². The first-order chi connectivity index (χ1) is 13.3. The summed E-state index contributed by atoms with van der Waals surface area (Å²) in [4.78, 5) is 11.7. The molecule has 1 fully saturated rings. The minimum Gasteiger partial charge on any atom is -0.444 e. The zero-order valence-corrected chi connectivity index (χ0v) is 16.3. The molecular weight excluding hydrogens is 338 g/mol. The van der Waals surface area contributed by atoms with Gasteiger partial charge in [-0.25, -0.2) is 9.98 Å². The lowest BCUT2D eigenvalue weighted by Crippen LogP contribution is -2.41.